The average Bonchev–Trinajstić information content (AvgIpc) is 3.12. The van der Waals surface area contributed by atoms with E-state index in [0.717, 1.165) is 17.7 Å². The van der Waals surface area contributed by atoms with Gasteiger partial charge in [0, 0.05) is 24.0 Å². The minimum atomic E-state index is -4.51. The quantitative estimate of drug-likeness (QED) is 0.620. The molecular formula is C22H20F3N7O. The molecular weight excluding hydrogens is 435 g/mol. The van der Waals surface area contributed by atoms with Crippen LogP contribution in [0.2, 0.25) is 0 Å². The topological polar surface area (TPSA) is 97.6 Å². The van der Waals surface area contributed by atoms with Crippen molar-refractivity contribution >= 4 is 22.8 Å². The lowest BCUT2D eigenvalue weighted by Gasteiger charge is -2.12. The van der Waals surface area contributed by atoms with Crippen LogP contribution in [-0.4, -0.2) is 37.7 Å². The molecule has 1 amide bonds. The molecule has 0 atom stereocenters. The third-order valence-corrected chi connectivity index (χ3v) is 5.08. The summed E-state index contributed by atoms with van der Waals surface area (Å²) in [6, 6.07) is 1.90. The molecule has 3 aromatic rings. The van der Waals surface area contributed by atoms with Crippen molar-refractivity contribution in [1.82, 2.24) is 30.0 Å². The molecule has 33 heavy (non-hydrogen) atoms. The number of aromatic nitrogens is 5. The molecule has 0 unspecified atom stereocenters. The number of nitrogens with zero attached hydrogens (tertiary/aromatic N) is 5. The normalized spacial score (nSPS) is 14.3. The highest BCUT2D eigenvalue weighted by Gasteiger charge is 2.31. The van der Waals surface area contributed by atoms with E-state index in [1.54, 1.807) is 13.1 Å². The number of carbonyl (C=O) groups is 1. The SMILES string of the molecule is CNC(=O)C1=CCC=C(C)C(Nc2ncnc3c2cnn3-c2cc(C(F)(F)F)cc(C)n2)=C1. The lowest BCUT2D eigenvalue weighted by Crippen LogP contribution is -2.19. The highest BCUT2D eigenvalue weighted by molar-refractivity contribution is 5.97. The van der Waals surface area contributed by atoms with Crippen LogP contribution in [0.4, 0.5) is 19.0 Å². The summed E-state index contributed by atoms with van der Waals surface area (Å²) in [7, 11) is 1.56. The Kier molecular flexibility index (Phi) is 5.71. The van der Waals surface area contributed by atoms with Gasteiger partial charge in [0.05, 0.1) is 17.1 Å². The molecule has 0 bridgehead atoms. The van der Waals surface area contributed by atoms with E-state index >= 15 is 0 Å². The van der Waals surface area contributed by atoms with Gasteiger partial charge in [-0.25, -0.2) is 15.0 Å². The number of amides is 1. The maximum Gasteiger partial charge on any atom is 0.416 e. The Morgan fingerprint density at radius 2 is 1.94 bits per heavy atom. The number of hydrogen-bond donors (Lipinski definition) is 2. The van der Waals surface area contributed by atoms with E-state index in [1.807, 2.05) is 19.1 Å². The lowest BCUT2D eigenvalue weighted by atomic mass is 10.1. The molecule has 0 aliphatic heterocycles. The van der Waals surface area contributed by atoms with E-state index < -0.39 is 11.7 Å². The van der Waals surface area contributed by atoms with Gasteiger partial charge in [0.2, 0.25) is 0 Å². The van der Waals surface area contributed by atoms with Crippen molar-refractivity contribution in [3.05, 3.63) is 71.0 Å². The molecule has 0 radical (unpaired) electrons. The number of alkyl halides is 3. The largest absolute Gasteiger partial charge is 0.416 e. The van der Waals surface area contributed by atoms with Gasteiger partial charge in [0.25, 0.3) is 5.91 Å². The van der Waals surface area contributed by atoms with Crippen LogP contribution in [0.3, 0.4) is 0 Å². The zero-order valence-electron chi connectivity index (χ0n) is 18.0. The van der Waals surface area contributed by atoms with Gasteiger partial charge in [-0.15, -0.1) is 0 Å². The van der Waals surface area contributed by atoms with E-state index in [0.29, 0.717) is 28.9 Å². The summed E-state index contributed by atoms with van der Waals surface area (Å²) in [6.45, 7) is 3.38. The molecule has 8 nitrogen and oxygen atoms in total. The zero-order valence-corrected chi connectivity index (χ0v) is 18.0. The van der Waals surface area contributed by atoms with Crippen LogP contribution in [0.25, 0.3) is 16.9 Å². The van der Waals surface area contributed by atoms with Crippen LogP contribution in [0, 0.1) is 6.92 Å². The van der Waals surface area contributed by atoms with Crippen LogP contribution in [-0.2, 0) is 11.0 Å². The Hall–Kier alpha value is -4.02. The monoisotopic (exact) mass is 455 g/mol. The molecule has 0 saturated carbocycles. The van der Waals surface area contributed by atoms with Crippen molar-refractivity contribution in [2.24, 2.45) is 0 Å². The van der Waals surface area contributed by atoms with Crippen molar-refractivity contribution in [2.45, 2.75) is 26.4 Å². The minimum absolute atomic E-state index is 0.00318. The summed E-state index contributed by atoms with van der Waals surface area (Å²) >= 11 is 0. The molecule has 3 heterocycles. The molecule has 2 N–H and O–H groups in total. The van der Waals surface area contributed by atoms with Crippen LogP contribution in [0.15, 0.2) is 59.7 Å². The van der Waals surface area contributed by atoms with E-state index in [9.17, 15) is 18.0 Å². The van der Waals surface area contributed by atoms with Crippen molar-refractivity contribution in [2.75, 3.05) is 12.4 Å². The standard InChI is InChI=1S/C22H20F3N7O/c1-12-5-4-6-14(21(33)26-3)8-17(12)31-19-16-10-29-32(20(16)28-11-27-19)18-9-15(22(23,24)25)7-13(2)30-18/h5-11H,4H2,1-3H3,(H,26,33)(H,27,28,31). The molecule has 1 aliphatic carbocycles. The Morgan fingerprint density at radius 3 is 2.67 bits per heavy atom. The second-order valence-corrected chi connectivity index (χ2v) is 7.41. The van der Waals surface area contributed by atoms with E-state index in [-0.39, 0.29) is 23.1 Å². The van der Waals surface area contributed by atoms with Gasteiger partial charge in [-0.05, 0) is 44.1 Å². The first kappa shape index (κ1) is 22.2. The number of fused-ring (bicyclic) bond motifs is 1. The maximum atomic E-state index is 13.3. The number of hydrogen-bond acceptors (Lipinski definition) is 6. The van der Waals surface area contributed by atoms with Gasteiger partial charge in [-0.2, -0.15) is 23.0 Å². The van der Waals surface area contributed by atoms with Gasteiger partial charge in [0.15, 0.2) is 11.5 Å². The Bertz CT molecular complexity index is 1340. The minimum Gasteiger partial charge on any atom is -0.355 e. The molecule has 0 fully saturated rings. The van der Waals surface area contributed by atoms with Crippen LogP contribution in [0.5, 0.6) is 0 Å². The van der Waals surface area contributed by atoms with Gasteiger partial charge in [-0.1, -0.05) is 12.2 Å². The summed E-state index contributed by atoms with van der Waals surface area (Å²) in [4.78, 5) is 24.8. The average molecular weight is 455 g/mol. The molecule has 1 aliphatic rings. The van der Waals surface area contributed by atoms with Gasteiger partial charge in [-0.3, -0.25) is 4.79 Å². The second kappa shape index (κ2) is 8.49. The van der Waals surface area contributed by atoms with Gasteiger partial charge < -0.3 is 10.6 Å². The van der Waals surface area contributed by atoms with Gasteiger partial charge >= 0.3 is 6.18 Å². The fourth-order valence-corrected chi connectivity index (χ4v) is 3.40. The maximum absolute atomic E-state index is 13.3. The number of pyridine rings is 1. The van der Waals surface area contributed by atoms with Crippen molar-refractivity contribution in [1.29, 1.82) is 0 Å². The van der Waals surface area contributed by atoms with Gasteiger partial charge in [0.1, 0.15) is 12.1 Å². The summed E-state index contributed by atoms with van der Waals surface area (Å²) < 4.78 is 41.1. The zero-order chi connectivity index (χ0) is 23.8. The summed E-state index contributed by atoms with van der Waals surface area (Å²) in [5.41, 5.74) is 1.73. The highest BCUT2D eigenvalue weighted by Crippen LogP contribution is 2.31. The third-order valence-electron chi connectivity index (χ3n) is 5.08. The Labute approximate surface area is 186 Å². The fraction of sp³-hybridized carbons (Fsp3) is 0.227. The van der Waals surface area contributed by atoms with Crippen molar-refractivity contribution in [3.63, 3.8) is 0 Å². The number of halogens is 3. The summed E-state index contributed by atoms with van der Waals surface area (Å²) in [5.74, 6) is 0.174. The Morgan fingerprint density at radius 1 is 1.15 bits per heavy atom. The van der Waals surface area contributed by atoms with Crippen molar-refractivity contribution in [3.8, 4) is 5.82 Å². The first-order valence-corrected chi connectivity index (χ1v) is 10.0. The number of aryl methyl sites for hydroxylation is 1. The third kappa shape index (κ3) is 4.47. The molecule has 0 aromatic carbocycles. The molecule has 4 rings (SSSR count). The first-order chi connectivity index (χ1) is 15.7. The number of anilines is 1. The number of rotatable bonds is 4. The molecule has 0 saturated heterocycles. The molecule has 11 heteroatoms. The molecule has 3 aromatic heterocycles. The van der Waals surface area contributed by atoms with Crippen molar-refractivity contribution < 1.29 is 18.0 Å². The number of nitrogens with one attached hydrogen (secondary N) is 2. The number of allylic oxidation sites excluding steroid dienone is 3. The van der Waals surface area contributed by atoms with Crippen LogP contribution < -0.4 is 10.6 Å². The summed E-state index contributed by atoms with van der Waals surface area (Å²) in [5, 5.41) is 10.5. The van der Waals surface area contributed by atoms with E-state index in [2.05, 4.69) is 30.7 Å². The molecule has 0 spiro atoms. The Balaban J connectivity index is 1.76. The first-order valence-electron chi connectivity index (χ1n) is 10.0. The van der Waals surface area contributed by atoms with E-state index in [1.165, 1.54) is 24.1 Å². The van der Waals surface area contributed by atoms with Crippen LogP contribution >= 0.6 is 0 Å². The highest BCUT2D eigenvalue weighted by atomic mass is 19.4. The second-order valence-electron chi connectivity index (χ2n) is 7.41. The molecule has 170 valence electrons. The smallest absolute Gasteiger partial charge is 0.355 e. The number of likely N-dealkylation sites (N-methyl/N-ethyl adjacent to an activating group) is 1. The predicted molar refractivity (Wildman–Crippen MR) is 116 cm³/mol. The predicted octanol–water partition coefficient (Wildman–Crippen LogP) is 3.86. The number of carbonyl (C=O) groups excluding carboxylic acids is 1. The van der Waals surface area contributed by atoms with Crippen LogP contribution in [0.1, 0.15) is 24.6 Å². The summed E-state index contributed by atoms with van der Waals surface area (Å²) in [6.07, 6.45) is 4.31. The lowest BCUT2D eigenvalue weighted by molar-refractivity contribution is -0.137. The van der Waals surface area contributed by atoms with E-state index in [4.69, 9.17) is 0 Å². The fourth-order valence-electron chi connectivity index (χ4n) is 3.40.